The molecule has 0 aliphatic rings. The molecule has 0 unspecified atom stereocenters. The molecule has 86 valence electrons. The first-order valence-corrected chi connectivity index (χ1v) is 5.62. The van der Waals surface area contributed by atoms with Crippen molar-refractivity contribution in [2.24, 2.45) is 0 Å². The van der Waals surface area contributed by atoms with Crippen molar-refractivity contribution in [3.8, 4) is 0 Å². The predicted molar refractivity (Wildman–Crippen MR) is 69.5 cm³/mol. The van der Waals surface area contributed by atoms with Crippen molar-refractivity contribution in [2.45, 2.75) is 32.1 Å². The Labute approximate surface area is 96.7 Å². The lowest BCUT2D eigenvalue weighted by Crippen LogP contribution is -2.04. The van der Waals surface area contributed by atoms with Crippen LogP contribution in [-0.4, -0.2) is 11.9 Å². The molecule has 3 heteroatoms. The highest BCUT2D eigenvalue weighted by molar-refractivity contribution is 5.84. The van der Waals surface area contributed by atoms with E-state index in [9.17, 15) is 0 Å². The molecule has 1 aromatic rings. The third-order valence-electron chi connectivity index (χ3n) is 2.54. The first-order valence-electron chi connectivity index (χ1n) is 5.62. The largest absolute Gasteiger partial charge is 0.398 e. The van der Waals surface area contributed by atoms with Gasteiger partial charge in [-0.1, -0.05) is 18.2 Å². The third kappa shape index (κ3) is 4.26. The third-order valence-corrected chi connectivity index (χ3v) is 2.54. The molecule has 0 saturated carbocycles. The minimum atomic E-state index is 0.650. The van der Waals surface area contributed by atoms with Gasteiger partial charge in [-0.2, -0.15) is 0 Å². The van der Waals surface area contributed by atoms with E-state index in [0.29, 0.717) is 6.42 Å². The quantitative estimate of drug-likeness (QED) is 0.366. The van der Waals surface area contributed by atoms with Crippen molar-refractivity contribution in [2.75, 3.05) is 5.73 Å². The number of rotatable bonds is 7. The Bertz CT molecular complexity index is 358. The van der Waals surface area contributed by atoms with E-state index >= 15 is 0 Å². The fourth-order valence-corrected chi connectivity index (χ4v) is 1.60. The molecule has 0 radical (unpaired) electrons. The van der Waals surface area contributed by atoms with Gasteiger partial charge in [0.2, 0.25) is 0 Å². The topological polar surface area (TPSA) is 73.7 Å². The number of nitrogen functional groups attached to an aromatic ring is 1. The molecule has 4 N–H and O–H groups in total. The molecule has 0 aliphatic heterocycles. The fraction of sp³-hybridized carbons (Fsp3) is 0.385. The molecular formula is C13H19N3. The maximum absolute atomic E-state index is 7.85. The van der Waals surface area contributed by atoms with Gasteiger partial charge in [-0.3, -0.25) is 0 Å². The van der Waals surface area contributed by atoms with Gasteiger partial charge in [0.25, 0.3) is 0 Å². The summed E-state index contributed by atoms with van der Waals surface area (Å²) in [6.45, 7) is 0. The fourth-order valence-electron chi connectivity index (χ4n) is 1.60. The minimum Gasteiger partial charge on any atom is -0.398 e. The Kier molecular flexibility index (Phi) is 5.26. The number of hydrogen-bond donors (Lipinski definition) is 3. The van der Waals surface area contributed by atoms with Crippen LogP contribution < -0.4 is 5.73 Å². The smallest absolute Gasteiger partial charge is 0.0350 e. The Morgan fingerprint density at radius 2 is 2.00 bits per heavy atom. The summed E-state index contributed by atoms with van der Waals surface area (Å²) in [4.78, 5) is 0. The van der Waals surface area contributed by atoms with Crippen molar-refractivity contribution in [3.05, 3.63) is 29.8 Å². The molecule has 0 fully saturated rings. The van der Waals surface area contributed by atoms with Gasteiger partial charge in [0, 0.05) is 17.8 Å². The number of nitrogens with two attached hydrogens (primary N) is 1. The number of anilines is 1. The molecule has 0 amide bonds. The molecule has 16 heavy (non-hydrogen) atoms. The van der Waals surface area contributed by atoms with Crippen molar-refractivity contribution < 1.29 is 0 Å². The first kappa shape index (κ1) is 12.4. The summed E-state index contributed by atoms with van der Waals surface area (Å²) in [6, 6.07) is 7.71. The summed E-state index contributed by atoms with van der Waals surface area (Å²) >= 11 is 0. The van der Waals surface area contributed by atoms with E-state index in [1.165, 1.54) is 6.21 Å². The van der Waals surface area contributed by atoms with Crippen LogP contribution in [0.2, 0.25) is 0 Å². The highest BCUT2D eigenvalue weighted by Crippen LogP contribution is 2.13. The SMILES string of the molecule is N=CCCCCC(=N)Cc1ccccc1N. The molecule has 0 heterocycles. The van der Waals surface area contributed by atoms with Crippen molar-refractivity contribution >= 4 is 17.6 Å². The highest BCUT2D eigenvalue weighted by Gasteiger charge is 2.02. The van der Waals surface area contributed by atoms with E-state index in [1.54, 1.807) is 0 Å². The van der Waals surface area contributed by atoms with Gasteiger partial charge in [-0.25, -0.2) is 0 Å². The lowest BCUT2D eigenvalue weighted by molar-refractivity contribution is 0.791. The number of benzene rings is 1. The monoisotopic (exact) mass is 217 g/mol. The van der Waals surface area contributed by atoms with Crippen LogP contribution in [0.5, 0.6) is 0 Å². The Hall–Kier alpha value is -1.64. The summed E-state index contributed by atoms with van der Waals surface area (Å²) in [5, 5.41) is 14.7. The van der Waals surface area contributed by atoms with E-state index in [-0.39, 0.29) is 0 Å². The van der Waals surface area contributed by atoms with Crippen molar-refractivity contribution in [1.29, 1.82) is 10.8 Å². The second-order valence-corrected chi connectivity index (χ2v) is 3.93. The normalized spacial score (nSPS) is 10.0. The number of hydrogen-bond acceptors (Lipinski definition) is 3. The van der Waals surface area contributed by atoms with Gasteiger partial charge in [-0.15, -0.1) is 0 Å². The maximum atomic E-state index is 7.85. The average molecular weight is 217 g/mol. The Morgan fingerprint density at radius 3 is 2.69 bits per heavy atom. The molecule has 0 atom stereocenters. The zero-order chi connectivity index (χ0) is 11.8. The second-order valence-electron chi connectivity index (χ2n) is 3.93. The van der Waals surface area contributed by atoms with Gasteiger partial charge in [-0.05, 0) is 43.5 Å². The van der Waals surface area contributed by atoms with Gasteiger partial charge in [0.05, 0.1) is 0 Å². The summed E-state index contributed by atoms with van der Waals surface area (Å²) < 4.78 is 0. The van der Waals surface area contributed by atoms with Crippen LogP contribution in [0.3, 0.4) is 0 Å². The molecule has 0 aliphatic carbocycles. The van der Waals surface area contributed by atoms with E-state index in [4.69, 9.17) is 16.6 Å². The van der Waals surface area contributed by atoms with Crippen molar-refractivity contribution in [1.82, 2.24) is 0 Å². The summed E-state index contributed by atoms with van der Waals surface area (Å²) in [6.07, 6.45) is 5.69. The Balaban J connectivity index is 2.34. The van der Waals surface area contributed by atoms with Crippen LogP contribution >= 0.6 is 0 Å². The molecule has 0 bridgehead atoms. The predicted octanol–water partition coefficient (Wildman–Crippen LogP) is 3.04. The van der Waals surface area contributed by atoms with E-state index in [2.05, 4.69) is 0 Å². The van der Waals surface area contributed by atoms with Gasteiger partial charge >= 0.3 is 0 Å². The number of para-hydroxylation sites is 1. The van der Waals surface area contributed by atoms with Crippen LogP contribution in [0.1, 0.15) is 31.2 Å². The van der Waals surface area contributed by atoms with Crippen LogP contribution in [0.25, 0.3) is 0 Å². The summed E-state index contributed by atoms with van der Waals surface area (Å²) in [5.74, 6) is 0. The molecule has 1 aromatic carbocycles. The maximum Gasteiger partial charge on any atom is 0.0350 e. The number of unbranched alkanes of at least 4 members (excludes halogenated alkanes) is 2. The second kappa shape index (κ2) is 6.77. The number of nitrogens with one attached hydrogen (secondary N) is 2. The standard InChI is InChI=1S/C13H19N3/c14-9-5-1-2-7-12(15)10-11-6-3-4-8-13(11)16/h3-4,6,8-9,14-15H,1-2,5,7,10,16H2. The lowest BCUT2D eigenvalue weighted by Gasteiger charge is -2.06. The van der Waals surface area contributed by atoms with Gasteiger partial charge < -0.3 is 16.6 Å². The van der Waals surface area contributed by atoms with Gasteiger partial charge in [0.1, 0.15) is 0 Å². The van der Waals surface area contributed by atoms with Crippen LogP contribution in [0, 0.1) is 10.8 Å². The van der Waals surface area contributed by atoms with E-state index in [0.717, 1.165) is 42.6 Å². The molecular weight excluding hydrogens is 198 g/mol. The molecule has 0 spiro atoms. The van der Waals surface area contributed by atoms with Crippen LogP contribution in [0.15, 0.2) is 24.3 Å². The molecule has 3 nitrogen and oxygen atoms in total. The zero-order valence-electron chi connectivity index (χ0n) is 9.50. The first-order chi connectivity index (χ1) is 7.74. The lowest BCUT2D eigenvalue weighted by atomic mass is 10.0. The average Bonchev–Trinajstić information content (AvgIpc) is 2.28. The summed E-state index contributed by atoms with van der Waals surface area (Å²) in [5.41, 5.74) is 8.36. The zero-order valence-corrected chi connectivity index (χ0v) is 9.50. The van der Waals surface area contributed by atoms with E-state index < -0.39 is 0 Å². The van der Waals surface area contributed by atoms with Crippen LogP contribution in [-0.2, 0) is 6.42 Å². The molecule has 1 rings (SSSR count). The summed E-state index contributed by atoms with van der Waals surface area (Å²) in [7, 11) is 0. The highest BCUT2D eigenvalue weighted by atomic mass is 14.6. The van der Waals surface area contributed by atoms with Gasteiger partial charge in [0.15, 0.2) is 0 Å². The minimum absolute atomic E-state index is 0.650. The Morgan fingerprint density at radius 1 is 1.25 bits per heavy atom. The molecule has 0 aromatic heterocycles. The molecule has 0 saturated heterocycles. The van der Waals surface area contributed by atoms with E-state index in [1.807, 2.05) is 24.3 Å². The van der Waals surface area contributed by atoms with Crippen molar-refractivity contribution in [3.63, 3.8) is 0 Å². The van der Waals surface area contributed by atoms with Crippen LogP contribution in [0.4, 0.5) is 5.69 Å².